The molecule has 0 saturated heterocycles. The maximum Gasteiger partial charge on any atom is 0.115 e. The molecule has 2 nitrogen and oxygen atoms in total. The van der Waals surface area contributed by atoms with Crippen molar-refractivity contribution in [1.29, 1.82) is 10.5 Å². The van der Waals surface area contributed by atoms with E-state index in [9.17, 15) is 10.5 Å². The van der Waals surface area contributed by atoms with Gasteiger partial charge in [-0.15, -0.1) is 0 Å². The molecule has 4 aromatic carbocycles. The van der Waals surface area contributed by atoms with E-state index in [0.717, 1.165) is 11.1 Å². The molecule has 1 aliphatic heterocycles. The first-order valence-corrected chi connectivity index (χ1v) is 15.5. The average molecular weight is 493 g/mol. The van der Waals surface area contributed by atoms with Gasteiger partial charge in [-0.25, -0.2) is 0 Å². The van der Waals surface area contributed by atoms with E-state index in [0.29, 0.717) is 11.1 Å². The monoisotopic (exact) mass is 492 g/mol. The van der Waals surface area contributed by atoms with E-state index in [4.69, 9.17) is 0 Å². The first-order valence-electron chi connectivity index (χ1n) is 12.5. The first-order chi connectivity index (χ1) is 17.8. The third kappa shape index (κ3) is 4.36. The molecule has 0 aromatic heterocycles. The lowest BCUT2D eigenvalue weighted by Gasteiger charge is -2.26. The van der Waals surface area contributed by atoms with Crippen LogP contribution < -0.4 is 0 Å². The molecule has 0 spiro atoms. The van der Waals surface area contributed by atoms with Crippen LogP contribution in [0.2, 0.25) is 13.1 Å². The summed E-state index contributed by atoms with van der Waals surface area (Å²) < 4.78 is 0. The molecule has 0 N–H and O–H groups in total. The van der Waals surface area contributed by atoms with Crippen LogP contribution >= 0.6 is 0 Å². The average Bonchev–Trinajstić information content (AvgIpc) is 3.15. The van der Waals surface area contributed by atoms with E-state index in [1.807, 2.05) is 36.4 Å². The Balaban J connectivity index is 1.95. The Bertz CT molecular complexity index is 1560. The van der Waals surface area contributed by atoms with Crippen LogP contribution in [-0.2, 0) is 0 Å². The van der Waals surface area contributed by atoms with Crippen LogP contribution in [0.15, 0.2) is 97.1 Å². The molecule has 5 rings (SSSR count). The molecular formula is C34H28N2Si. The minimum atomic E-state index is -2.34. The van der Waals surface area contributed by atoms with Gasteiger partial charge < -0.3 is 0 Å². The third-order valence-corrected chi connectivity index (χ3v) is 10.8. The van der Waals surface area contributed by atoms with Crippen molar-refractivity contribution in [1.82, 2.24) is 0 Å². The van der Waals surface area contributed by atoms with Crippen molar-refractivity contribution in [3.05, 3.63) is 142 Å². The Morgan fingerprint density at radius 3 is 1.27 bits per heavy atom. The van der Waals surface area contributed by atoms with E-state index in [1.54, 1.807) is 0 Å². The lowest BCUT2D eigenvalue weighted by molar-refractivity contribution is 1.44. The predicted molar refractivity (Wildman–Crippen MR) is 156 cm³/mol. The lowest BCUT2D eigenvalue weighted by Crippen LogP contribution is -2.28. The van der Waals surface area contributed by atoms with Gasteiger partial charge in [-0.1, -0.05) is 97.0 Å². The highest BCUT2D eigenvalue weighted by Crippen LogP contribution is 2.55. The molecule has 178 valence electrons. The number of allylic oxidation sites excluding steroid dienone is 2. The number of nitriles is 2. The van der Waals surface area contributed by atoms with E-state index < -0.39 is 8.07 Å². The van der Waals surface area contributed by atoms with Gasteiger partial charge in [0.25, 0.3) is 0 Å². The van der Waals surface area contributed by atoms with Gasteiger partial charge >= 0.3 is 0 Å². The van der Waals surface area contributed by atoms with Crippen molar-refractivity contribution in [3.63, 3.8) is 0 Å². The molecule has 0 radical (unpaired) electrons. The molecule has 4 aromatic rings. The van der Waals surface area contributed by atoms with Gasteiger partial charge in [0.2, 0.25) is 0 Å². The van der Waals surface area contributed by atoms with Crippen LogP contribution in [0.3, 0.4) is 0 Å². The summed E-state index contributed by atoms with van der Waals surface area (Å²) >= 11 is 0. The van der Waals surface area contributed by atoms with Crippen LogP contribution in [0.25, 0.3) is 21.5 Å². The van der Waals surface area contributed by atoms with Gasteiger partial charge in [-0.2, -0.15) is 10.5 Å². The molecule has 3 heteroatoms. The summed E-state index contributed by atoms with van der Waals surface area (Å²) in [6.45, 7) is 9.05. The molecule has 0 atom stereocenters. The van der Waals surface area contributed by atoms with Crippen molar-refractivity contribution in [3.8, 4) is 12.1 Å². The summed E-state index contributed by atoms with van der Waals surface area (Å²) in [5, 5.41) is 22.1. The van der Waals surface area contributed by atoms with Crippen LogP contribution in [0.5, 0.6) is 0 Å². The second-order valence-corrected chi connectivity index (χ2v) is 14.5. The molecule has 1 aliphatic rings. The summed E-state index contributed by atoms with van der Waals surface area (Å²) in [4.78, 5) is 0. The summed E-state index contributed by atoms with van der Waals surface area (Å²) in [7, 11) is -2.34. The Morgan fingerprint density at radius 1 is 0.514 bits per heavy atom. The van der Waals surface area contributed by atoms with Crippen LogP contribution in [0.4, 0.5) is 0 Å². The predicted octanol–water partition coefficient (Wildman–Crippen LogP) is 8.37. The fourth-order valence-corrected chi connectivity index (χ4v) is 9.47. The number of aryl methyl sites for hydroxylation is 2. The number of nitrogens with zero attached hydrogens (tertiary/aromatic N) is 2. The largest absolute Gasteiger partial charge is 0.192 e. The normalized spacial score (nSPS) is 14.4. The van der Waals surface area contributed by atoms with Gasteiger partial charge in [-0.3, -0.25) is 0 Å². The number of hydrogen-bond donors (Lipinski definition) is 0. The van der Waals surface area contributed by atoms with Crippen molar-refractivity contribution < 1.29 is 0 Å². The Morgan fingerprint density at radius 2 is 0.892 bits per heavy atom. The van der Waals surface area contributed by atoms with Crippen molar-refractivity contribution in [2.24, 2.45) is 0 Å². The molecule has 0 saturated carbocycles. The summed E-state index contributed by atoms with van der Waals surface area (Å²) in [5.41, 5.74) is 10.8. The number of rotatable bonds is 4. The van der Waals surface area contributed by atoms with Gasteiger partial charge in [-0.05, 0) is 81.9 Å². The van der Waals surface area contributed by atoms with Crippen LogP contribution in [-0.4, -0.2) is 8.07 Å². The molecule has 37 heavy (non-hydrogen) atoms. The second kappa shape index (κ2) is 9.55. The highest BCUT2D eigenvalue weighted by Gasteiger charge is 2.43. The molecule has 0 unspecified atom stereocenters. The fourth-order valence-electron chi connectivity index (χ4n) is 5.68. The van der Waals surface area contributed by atoms with E-state index in [-0.39, 0.29) is 0 Å². The maximum absolute atomic E-state index is 9.71. The van der Waals surface area contributed by atoms with Gasteiger partial charge in [0.05, 0.1) is 23.3 Å². The zero-order chi connectivity index (χ0) is 26.2. The SMILES string of the molecule is Cc1cccc(C2=C(c3cccc(C#N)c3)[Si](C)(C)C(c3cccc(C#N)c3)=C2c2cccc(C)c2)c1. The smallest absolute Gasteiger partial charge is 0.115 e. The summed E-state index contributed by atoms with van der Waals surface area (Å²) in [6.07, 6.45) is 0. The summed E-state index contributed by atoms with van der Waals surface area (Å²) in [5.74, 6) is 0. The molecule has 0 fully saturated rings. The number of benzene rings is 4. The minimum Gasteiger partial charge on any atom is -0.192 e. The minimum absolute atomic E-state index is 0.662. The summed E-state index contributed by atoms with van der Waals surface area (Å²) in [6, 6.07) is 38.1. The molecule has 1 heterocycles. The Kier molecular flexibility index (Phi) is 6.26. The molecule has 0 aliphatic carbocycles. The highest BCUT2D eigenvalue weighted by molar-refractivity contribution is 7.13. The number of hydrogen-bond acceptors (Lipinski definition) is 2. The first kappa shape index (κ1) is 24.3. The molecule has 0 bridgehead atoms. The van der Waals surface area contributed by atoms with Gasteiger partial charge in [0.15, 0.2) is 0 Å². The Hall–Kier alpha value is -4.44. The van der Waals surface area contributed by atoms with Gasteiger partial charge in [0.1, 0.15) is 8.07 Å². The van der Waals surface area contributed by atoms with E-state index in [2.05, 4.69) is 99.7 Å². The van der Waals surface area contributed by atoms with Gasteiger partial charge in [0, 0.05) is 0 Å². The third-order valence-electron chi connectivity index (χ3n) is 7.17. The zero-order valence-corrected chi connectivity index (χ0v) is 22.6. The highest BCUT2D eigenvalue weighted by atomic mass is 28.3. The standard InChI is InChI=1S/C34H28N2Si/c1-23-9-5-13-27(17-23)31-32(28-14-6-10-24(2)18-28)34(30-16-8-12-26(20-30)22-36)37(3,4)33(31)29-15-7-11-25(19-29)21-35/h5-20H,1-4H3. The maximum atomic E-state index is 9.71. The van der Waals surface area contributed by atoms with Crippen LogP contribution in [0, 0.1) is 36.5 Å². The molecular weight excluding hydrogens is 464 g/mol. The van der Waals surface area contributed by atoms with Crippen molar-refractivity contribution in [2.45, 2.75) is 26.9 Å². The zero-order valence-electron chi connectivity index (χ0n) is 21.6. The fraction of sp³-hybridized carbons (Fsp3) is 0.118. The van der Waals surface area contributed by atoms with Crippen molar-refractivity contribution >= 4 is 29.6 Å². The van der Waals surface area contributed by atoms with Crippen molar-refractivity contribution in [2.75, 3.05) is 0 Å². The van der Waals surface area contributed by atoms with E-state index >= 15 is 0 Å². The molecule has 0 amide bonds. The van der Waals surface area contributed by atoms with Crippen LogP contribution in [0.1, 0.15) is 44.5 Å². The lowest BCUT2D eigenvalue weighted by atomic mass is 9.88. The quantitative estimate of drug-likeness (QED) is 0.269. The Labute approximate surface area is 220 Å². The second-order valence-electron chi connectivity index (χ2n) is 10.2. The topological polar surface area (TPSA) is 47.6 Å². The van der Waals surface area contributed by atoms with E-state index in [1.165, 1.54) is 43.8 Å².